The molecular weight excluding hydrogens is 168 g/mol. The molecule has 13 heavy (non-hydrogen) atoms. The molecule has 1 aromatic heterocycles. The Labute approximate surface area is 76.2 Å². The number of hydrogen-bond donors (Lipinski definition) is 1. The first kappa shape index (κ1) is 8.22. The molecule has 1 saturated carbocycles. The van der Waals surface area contributed by atoms with E-state index < -0.39 is 0 Å². The van der Waals surface area contributed by atoms with Gasteiger partial charge in [-0.05, 0) is 12.8 Å². The van der Waals surface area contributed by atoms with Crippen LogP contribution < -0.4 is 5.32 Å². The third kappa shape index (κ3) is 2.54. The summed E-state index contributed by atoms with van der Waals surface area (Å²) in [5.41, 5.74) is 0. The van der Waals surface area contributed by atoms with E-state index in [-0.39, 0.29) is 5.91 Å². The summed E-state index contributed by atoms with van der Waals surface area (Å²) in [6.45, 7) is 0.610. The number of aromatic nitrogens is 3. The minimum absolute atomic E-state index is 0.109. The van der Waals surface area contributed by atoms with Crippen molar-refractivity contribution in [3.05, 3.63) is 12.7 Å². The molecule has 70 valence electrons. The van der Waals surface area contributed by atoms with E-state index in [9.17, 15) is 4.79 Å². The first-order chi connectivity index (χ1) is 6.34. The Kier molecular flexibility index (Phi) is 2.25. The van der Waals surface area contributed by atoms with Gasteiger partial charge in [-0.25, -0.2) is 4.98 Å². The highest BCUT2D eigenvalue weighted by molar-refractivity contribution is 5.76. The van der Waals surface area contributed by atoms with Gasteiger partial charge in [0.05, 0.1) is 6.54 Å². The number of nitrogens with one attached hydrogen (secondary N) is 1. The molecule has 0 radical (unpaired) electrons. The molecule has 0 unspecified atom stereocenters. The van der Waals surface area contributed by atoms with Crippen molar-refractivity contribution in [3.63, 3.8) is 0 Å². The first-order valence-electron chi connectivity index (χ1n) is 4.46. The lowest BCUT2D eigenvalue weighted by molar-refractivity contribution is -0.121. The van der Waals surface area contributed by atoms with Crippen molar-refractivity contribution in [2.24, 2.45) is 0 Å². The number of nitrogens with zero attached hydrogens (tertiary/aromatic N) is 3. The molecule has 1 aromatic rings. The highest BCUT2D eigenvalue weighted by Gasteiger charge is 2.22. The summed E-state index contributed by atoms with van der Waals surface area (Å²) in [7, 11) is 0. The minimum atomic E-state index is 0.109. The summed E-state index contributed by atoms with van der Waals surface area (Å²) in [6, 6.07) is 0.447. The summed E-state index contributed by atoms with van der Waals surface area (Å²) < 4.78 is 1.66. The molecule has 0 bridgehead atoms. The monoisotopic (exact) mass is 180 g/mol. The van der Waals surface area contributed by atoms with Gasteiger partial charge < -0.3 is 5.32 Å². The minimum Gasteiger partial charge on any atom is -0.353 e. The van der Waals surface area contributed by atoms with Gasteiger partial charge in [-0.15, -0.1) is 0 Å². The molecule has 2 rings (SSSR count). The maximum atomic E-state index is 11.2. The number of carbonyl (C=O) groups excluding carboxylic acids is 1. The molecule has 5 nitrogen and oxygen atoms in total. The Morgan fingerprint density at radius 1 is 1.62 bits per heavy atom. The van der Waals surface area contributed by atoms with Crippen molar-refractivity contribution in [1.82, 2.24) is 20.1 Å². The normalized spacial score (nSPS) is 15.7. The molecule has 1 heterocycles. The second-order valence-electron chi connectivity index (χ2n) is 3.25. The van der Waals surface area contributed by atoms with Crippen LogP contribution in [0.15, 0.2) is 12.7 Å². The Hall–Kier alpha value is -1.39. The third-order valence-electron chi connectivity index (χ3n) is 1.98. The summed E-state index contributed by atoms with van der Waals surface area (Å²) in [4.78, 5) is 15.0. The smallest absolute Gasteiger partial charge is 0.222 e. The molecule has 0 spiro atoms. The maximum absolute atomic E-state index is 11.2. The van der Waals surface area contributed by atoms with E-state index in [0.717, 1.165) is 12.8 Å². The summed E-state index contributed by atoms with van der Waals surface area (Å²) in [5, 5.41) is 6.82. The predicted molar refractivity (Wildman–Crippen MR) is 45.8 cm³/mol. The summed E-state index contributed by atoms with van der Waals surface area (Å²) in [5.74, 6) is 0.109. The third-order valence-corrected chi connectivity index (χ3v) is 1.98. The lowest BCUT2D eigenvalue weighted by Gasteiger charge is -2.02. The van der Waals surface area contributed by atoms with Crippen molar-refractivity contribution < 1.29 is 4.79 Å². The zero-order valence-corrected chi connectivity index (χ0v) is 7.31. The van der Waals surface area contributed by atoms with Gasteiger partial charge in [-0.3, -0.25) is 9.48 Å². The quantitative estimate of drug-likeness (QED) is 0.706. The van der Waals surface area contributed by atoms with E-state index in [1.807, 2.05) is 0 Å². The summed E-state index contributed by atoms with van der Waals surface area (Å²) in [6.07, 6.45) is 5.84. The van der Waals surface area contributed by atoms with Crippen molar-refractivity contribution in [1.29, 1.82) is 0 Å². The molecule has 1 aliphatic rings. The van der Waals surface area contributed by atoms with Crippen LogP contribution in [0.4, 0.5) is 0 Å². The highest BCUT2D eigenvalue weighted by atomic mass is 16.1. The topological polar surface area (TPSA) is 59.8 Å². The van der Waals surface area contributed by atoms with Gasteiger partial charge in [0.15, 0.2) is 0 Å². The van der Waals surface area contributed by atoms with Gasteiger partial charge in [0.1, 0.15) is 12.7 Å². The molecule has 1 fully saturated rings. The van der Waals surface area contributed by atoms with Gasteiger partial charge in [0, 0.05) is 12.5 Å². The van der Waals surface area contributed by atoms with Crippen molar-refractivity contribution in [3.8, 4) is 0 Å². The molecule has 0 atom stereocenters. The summed E-state index contributed by atoms with van der Waals surface area (Å²) >= 11 is 0. The van der Waals surface area contributed by atoms with E-state index in [2.05, 4.69) is 15.4 Å². The molecular formula is C8H12N4O. The van der Waals surface area contributed by atoms with Crippen molar-refractivity contribution in [2.75, 3.05) is 0 Å². The van der Waals surface area contributed by atoms with Crippen LogP contribution in [0.5, 0.6) is 0 Å². The number of hydrogen-bond acceptors (Lipinski definition) is 3. The molecule has 0 aromatic carbocycles. The molecule has 5 heteroatoms. The van der Waals surface area contributed by atoms with Gasteiger partial charge in [0.2, 0.25) is 5.91 Å². The van der Waals surface area contributed by atoms with Gasteiger partial charge in [-0.2, -0.15) is 5.10 Å². The average Bonchev–Trinajstić information content (AvgIpc) is 2.78. The van der Waals surface area contributed by atoms with Crippen LogP contribution in [0.1, 0.15) is 19.3 Å². The molecule has 0 saturated heterocycles. The van der Waals surface area contributed by atoms with Crippen LogP contribution in [0, 0.1) is 0 Å². The zero-order valence-electron chi connectivity index (χ0n) is 7.31. The fourth-order valence-electron chi connectivity index (χ4n) is 1.09. The van der Waals surface area contributed by atoms with Crippen LogP contribution in [0.25, 0.3) is 0 Å². The number of amides is 1. The molecule has 1 N–H and O–H groups in total. The number of rotatable bonds is 4. The largest absolute Gasteiger partial charge is 0.353 e. The standard InChI is InChI=1S/C8H12N4O/c13-8(11-7-1-2-7)3-4-12-6-9-5-10-12/h5-7H,1-4H2,(H,11,13). The van der Waals surface area contributed by atoms with Crippen LogP contribution in [0.2, 0.25) is 0 Å². The van der Waals surface area contributed by atoms with Crippen molar-refractivity contribution in [2.45, 2.75) is 31.8 Å². The number of aryl methyl sites for hydroxylation is 1. The number of carbonyl (C=O) groups is 1. The lowest BCUT2D eigenvalue weighted by Crippen LogP contribution is -2.26. The molecule has 0 aliphatic heterocycles. The zero-order chi connectivity index (χ0) is 9.10. The second-order valence-corrected chi connectivity index (χ2v) is 3.25. The predicted octanol–water partition coefficient (Wildman–Crippen LogP) is -0.0532. The van der Waals surface area contributed by atoms with E-state index in [1.165, 1.54) is 6.33 Å². The highest BCUT2D eigenvalue weighted by Crippen LogP contribution is 2.18. The fraction of sp³-hybridized carbons (Fsp3) is 0.625. The molecule has 1 aliphatic carbocycles. The van der Waals surface area contributed by atoms with E-state index in [0.29, 0.717) is 19.0 Å². The maximum Gasteiger partial charge on any atom is 0.222 e. The van der Waals surface area contributed by atoms with Crippen LogP contribution in [-0.2, 0) is 11.3 Å². The fourth-order valence-corrected chi connectivity index (χ4v) is 1.09. The van der Waals surface area contributed by atoms with Crippen LogP contribution >= 0.6 is 0 Å². The van der Waals surface area contributed by atoms with E-state index >= 15 is 0 Å². The Balaban J connectivity index is 1.69. The SMILES string of the molecule is O=C(CCn1cncn1)NC1CC1. The van der Waals surface area contributed by atoms with E-state index in [1.54, 1.807) is 11.0 Å². The lowest BCUT2D eigenvalue weighted by atomic mass is 10.4. The molecule has 1 amide bonds. The van der Waals surface area contributed by atoms with Gasteiger partial charge in [0.25, 0.3) is 0 Å². The Morgan fingerprint density at radius 2 is 2.46 bits per heavy atom. The van der Waals surface area contributed by atoms with Gasteiger partial charge >= 0.3 is 0 Å². The first-order valence-corrected chi connectivity index (χ1v) is 4.46. The Morgan fingerprint density at radius 3 is 3.08 bits per heavy atom. The Bertz CT molecular complexity index is 278. The van der Waals surface area contributed by atoms with Crippen molar-refractivity contribution >= 4 is 5.91 Å². The van der Waals surface area contributed by atoms with Crippen LogP contribution in [-0.4, -0.2) is 26.7 Å². The average molecular weight is 180 g/mol. The van der Waals surface area contributed by atoms with Gasteiger partial charge in [-0.1, -0.05) is 0 Å². The van der Waals surface area contributed by atoms with Crippen LogP contribution in [0.3, 0.4) is 0 Å². The second kappa shape index (κ2) is 3.55. The van der Waals surface area contributed by atoms with E-state index in [4.69, 9.17) is 0 Å².